The fourth-order valence-electron chi connectivity index (χ4n) is 2.88. The number of alkyl halides is 3. The molecule has 150 valence electrons. The van der Waals surface area contributed by atoms with Crippen LogP contribution in [-0.2, 0) is 9.53 Å². The first kappa shape index (κ1) is 24.3. The molecule has 5 heteroatoms. The standard InChI is InChI=1S/C20H37F3O2/c1-2-3-4-5-6-7-8-9-10-11-12-13-14-15-16-17-19(24)25-18-20(21,22)23/h2-18H2,1H3. The van der Waals surface area contributed by atoms with Gasteiger partial charge in [0.2, 0.25) is 0 Å². The smallest absolute Gasteiger partial charge is 0.422 e. The maximum Gasteiger partial charge on any atom is 0.422 e. The Morgan fingerprint density at radius 1 is 0.680 bits per heavy atom. The Labute approximate surface area is 151 Å². The number of halogens is 3. The van der Waals surface area contributed by atoms with E-state index in [4.69, 9.17) is 0 Å². The third-order valence-corrected chi connectivity index (χ3v) is 4.38. The highest BCUT2D eigenvalue weighted by molar-refractivity contribution is 5.69. The number of unbranched alkanes of at least 4 members (excludes halogenated alkanes) is 14. The lowest BCUT2D eigenvalue weighted by Gasteiger charge is -2.07. The van der Waals surface area contributed by atoms with Crippen molar-refractivity contribution in [2.45, 2.75) is 116 Å². The molecule has 0 saturated heterocycles. The SMILES string of the molecule is CCCCCCCCCCCCCCCCCC(=O)OCC(F)(F)F. The minimum absolute atomic E-state index is 0.0916. The summed E-state index contributed by atoms with van der Waals surface area (Å²) in [5.41, 5.74) is 0. The fourth-order valence-corrected chi connectivity index (χ4v) is 2.88. The van der Waals surface area contributed by atoms with Crippen LogP contribution in [0, 0.1) is 0 Å². The van der Waals surface area contributed by atoms with Crippen LogP contribution in [0.3, 0.4) is 0 Å². The van der Waals surface area contributed by atoms with Crippen LogP contribution < -0.4 is 0 Å². The number of hydrogen-bond donors (Lipinski definition) is 0. The van der Waals surface area contributed by atoms with Crippen molar-refractivity contribution >= 4 is 5.97 Å². The molecule has 2 nitrogen and oxygen atoms in total. The van der Waals surface area contributed by atoms with Crippen molar-refractivity contribution < 1.29 is 22.7 Å². The Morgan fingerprint density at radius 2 is 1.04 bits per heavy atom. The monoisotopic (exact) mass is 366 g/mol. The van der Waals surface area contributed by atoms with E-state index in [-0.39, 0.29) is 6.42 Å². The van der Waals surface area contributed by atoms with E-state index in [1.807, 2.05) is 0 Å². The largest absolute Gasteiger partial charge is 0.456 e. The predicted octanol–water partition coefficient (Wildman–Crippen LogP) is 7.35. The lowest BCUT2D eigenvalue weighted by atomic mass is 10.0. The maximum absolute atomic E-state index is 11.9. The molecule has 0 N–H and O–H groups in total. The highest BCUT2D eigenvalue weighted by atomic mass is 19.4. The van der Waals surface area contributed by atoms with E-state index in [1.54, 1.807) is 0 Å². The normalized spacial score (nSPS) is 11.7. The summed E-state index contributed by atoms with van der Waals surface area (Å²) in [6, 6.07) is 0. The molecule has 0 amide bonds. The maximum atomic E-state index is 11.9. The van der Waals surface area contributed by atoms with Gasteiger partial charge in [-0.25, -0.2) is 0 Å². The second-order valence-electron chi connectivity index (χ2n) is 6.98. The van der Waals surface area contributed by atoms with E-state index in [0.29, 0.717) is 6.42 Å². The van der Waals surface area contributed by atoms with Gasteiger partial charge >= 0.3 is 12.1 Å². The molecule has 0 bridgehead atoms. The molecule has 0 heterocycles. The second kappa shape index (κ2) is 16.7. The number of carbonyl (C=O) groups is 1. The predicted molar refractivity (Wildman–Crippen MR) is 96.6 cm³/mol. The minimum Gasteiger partial charge on any atom is -0.456 e. The summed E-state index contributed by atoms with van der Waals surface area (Å²) >= 11 is 0. The van der Waals surface area contributed by atoms with Crippen LogP contribution in [-0.4, -0.2) is 18.8 Å². The summed E-state index contributed by atoms with van der Waals surface area (Å²) in [5.74, 6) is -0.744. The fraction of sp³-hybridized carbons (Fsp3) is 0.950. The van der Waals surface area contributed by atoms with Crippen molar-refractivity contribution in [3.8, 4) is 0 Å². The van der Waals surface area contributed by atoms with Gasteiger partial charge in [0, 0.05) is 6.42 Å². The zero-order chi connectivity index (χ0) is 18.8. The van der Waals surface area contributed by atoms with E-state index in [0.717, 1.165) is 19.3 Å². The molecule has 0 unspecified atom stereocenters. The number of rotatable bonds is 17. The molecule has 0 atom stereocenters. The summed E-state index contributed by atoms with van der Waals surface area (Å²) in [7, 11) is 0. The number of hydrogen-bond acceptors (Lipinski definition) is 2. The lowest BCUT2D eigenvalue weighted by Crippen LogP contribution is -2.20. The number of esters is 1. The zero-order valence-electron chi connectivity index (χ0n) is 16.0. The quantitative estimate of drug-likeness (QED) is 0.199. The van der Waals surface area contributed by atoms with Crippen LogP contribution in [0.1, 0.15) is 110 Å². The lowest BCUT2D eigenvalue weighted by molar-refractivity contribution is -0.186. The Balaban J connectivity index is 3.15. The van der Waals surface area contributed by atoms with E-state index in [9.17, 15) is 18.0 Å². The molecule has 0 spiro atoms. The van der Waals surface area contributed by atoms with Gasteiger partial charge in [-0.1, -0.05) is 96.8 Å². The van der Waals surface area contributed by atoms with Gasteiger partial charge in [0.05, 0.1) is 0 Å². The van der Waals surface area contributed by atoms with Gasteiger partial charge in [0.25, 0.3) is 0 Å². The van der Waals surface area contributed by atoms with E-state index >= 15 is 0 Å². The molecule has 0 fully saturated rings. The van der Waals surface area contributed by atoms with E-state index < -0.39 is 18.8 Å². The average Bonchev–Trinajstić information content (AvgIpc) is 2.56. The van der Waals surface area contributed by atoms with Crippen molar-refractivity contribution in [2.75, 3.05) is 6.61 Å². The summed E-state index contributed by atoms with van der Waals surface area (Å²) < 4.78 is 39.7. The Hall–Kier alpha value is -0.740. The van der Waals surface area contributed by atoms with Gasteiger partial charge in [-0.3, -0.25) is 4.79 Å². The van der Waals surface area contributed by atoms with Crippen molar-refractivity contribution in [1.29, 1.82) is 0 Å². The molecule has 0 aliphatic carbocycles. The molecule has 0 aromatic rings. The minimum atomic E-state index is -4.43. The summed E-state index contributed by atoms with van der Waals surface area (Å²) in [6.45, 7) is 0.775. The molecule has 25 heavy (non-hydrogen) atoms. The van der Waals surface area contributed by atoms with Crippen molar-refractivity contribution in [2.24, 2.45) is 0 Å². The molecular weight excluding hydrogens is 329 g/mol. The second-order valence-corrected chi connectivity index (χ2v) is 6.98. The van der Waals surface area contributed by atoms with Gasteiger partial charge in [-0.05, 0) is 6.42 Å². The third kappa shape index (κ3) is 21.2. The highest BCUT2D eigenvalue weighted by Crippen LogP contribution is 2.16. The van der Waals surface area contributed by atoms with Crippen molar-refractivity contribution in [3.63, 3.8) is 0 Å². The van der Waals surface area contributed by atoms with Gasteiger partial charge in [0.1, 0.15) is 0 Å². The van der Waals surface area contributed by atoms with Gasteiger partial charge in [0.15, 0.2) is 6.61 Å². The van der Waals surface area contributed by atoms with Crippen LogP contribution in [0.5, 0.6) is 0 Å². The van der Waals surface area contributed by atoms with E-state index in [2.05, 4.69) is 11.7 Å². The third-order valence-electron chi connectivity index (χ3n) is 4.38. The first-order valence-corrected chi connectivity index (χ1v) is 10.2. The molecule has 0 saturated carbocycles. The van der Waals surface area contributed by atoms with Crippen molar-refractivity contribution in [3.05, 3.63) is 0 Å². The van der Waals surface area contributed by atoms with Crippen LogP contribution in [0.2, 0.25) is 0 Å². The Bertz CT molecular complexity index is 304. The Kier molecular flexibility index (Phi) is 16.2. The zero-order valence-corrected chi connectivity index (χ0v) is 16.0. The number of carbonyl (C=O) groups excluding carboxylic acids is 1. The topological polar surface area (TPSA) is 26.3 Å². The van der Waals surface area contributed by atoms with Crippen LogP contribution in [0.15, 0.2) is 0 Å². The van der Waals surface area contributed by atoms with Gasteiger partial charge in [-0.2, -0.15) is 13.2 Å². The summed E-state index contributed by atoms with van der Waals surface area (Å²) in [5, 5.41) is 0. The Morgan fingerprint density at radius 3 is 1.40 bits per heavy atom. The molecule has 0 rings (SSSR count). The molecule has 0 aromatic heterocycles. The first-order valence-electron chi connectivity index (χ1n) is 10.2. The van der Waals surface area contributed by atoms with Gasteiger partial charge in [-0.15, -0.1) is 0 Å². The molecular formula is C20H37F3O2. The molecule has 0 aliphatic heterocycles. The highest BCUT2D eigenvalue weighted by Gasteiger charge is 2.29. The van der Waals surface area contributed by atoms with Gasteiger partial charge < -0.3 is 4.74 Å². The van der Waals surface area contributed by atoms with Crippen LogP contribution >= 0.6 is 0 Å². The molecule has 0 aromatic carbocycles. The first-order chi connectivity index (χ1) is 12.0. The molecule has 0 aliphatic rings. The van der Waals surface area contributed by atoms with Crippen LogP contribution in [0.4, 0.5) is 13.2 Å². The van der Waals surface area contributed by atoms with Crippen molar-refractivity contribution in [1.82, 2.24) is 0 Å². The average molecular weight is 367 g/mol. The van der Waals surface area contributed by atoms with Crippen LogP contribution in [0.25, 0.3) is 0 Å². The number of ether oxygens (including phenoxy) is 1. The summed E-state index contributed by atoms with van der Waals surface area (Å²) in [6.07, 6.45) is 14.0. The molecule has 0 radical (unpaired) electrons. The van der Waals surface area contributed by atoms with E-state index in [1.165, 1.54) is 70.6 Å². The summed E-state index contributed by atoms with van der Waals surface area (Å²) in [4.78, 5) is 11.1.